The van der Waals surface area contributed by atoms with Gasteiger partial charge in [-0.2, -0.15) is 4.98 Å². The molecule has 144 valence electrons. The minimum absolute atomic E-state index is 0.0263. The summed E-state index contributed by atoms with van der Waals surface area (Å²) in [5, 5.41) is 3.99. The maximum Gasteiger partial charge on any atom is 0.249 e. The number of piperidine rings is 1. The summed E-state index contributed by atoms with van der Waals surface area (Å²) < 4.78 is 10.5. The lowest BCUT2D eigenvalue weighted by molar-refractivity contribution is -0.143. The van der Waals surface area contributed by atoms with Crippen LogP contribution in [0.3, 0.4) is 0 Å². The molecule has 0 bridgehead atoms. The molecule has 0 radical (unpaired) electrons. The molecule has 0 saturated carbocycles. The molecule has 0 spiro atoms. The first-order valence-electron chi connectivity index (χ1n) is 9.57. The van der Waals surface area contributed by atoms with E-state index in [4.69, 9.17) is 9.26 Å². The number of nitrogens with zero attached hydrogens (tertiary/aromatic N) is 4. The molecule has 1 aromatic heterocycles. The number of ether oxygens (including phenoxy) is 1. The predicted octanol–water partition coefficient (Wildman–Crippen LogP) is 1.71. The molecule has 3 heterocycles. The third-order valence-electron chi connectivity index (χ3n) is 5.12. The number of hydrogen-bond acceptors (Lipinski definition) is 6. The van der Waals surface area contributed by atoms with Crippen LogP contribution in [0.15, 0.2) is 4.52 Å². The summed E-state index contributed by atoms with van der Waals surface area (Å²) in [5.41, 5.74) is 0. The minimum Gasteiger partial charge on any atom is -0.384 e. The van der Waals surface area contributed by atoms with Crippen molar-refractivity contribution in [2.75, 3.05) is 33.4 Å². The summed E-state index contributed by atoms with van der Waals surface area (Å²) in [4.78, 5) is 33.1. The first-order chi connectivity index (χ1) is 12.7. The second kappa shape index (κ2) is 9.12. The topological polar surface area (TPSA) is 88.8 Å². The first kappa shape index (κ1) is 18.8. The van der Waals surface area contributed by atoms with Crippen molar-refractivity contribution in [3.05, 3.63) is 11.7 Å². The first-order valence-corrected chi connectivity index (χ1v) is 9.57. The van der Waals surface area contributed by atoms with Gasteiger partial charge in [-0.25, -0.2) is 0 Å². The van der Waals surface area contributed by atoms with E-state index in [9.17, 15) is 9.59 Å². The zero-order chi connectivity index (χ0) is 18.4. The number of hydrogen-bond donors (Lipinski definition) is 0. The van der Waals surface area contributed by atoms with Gasteiger partial charge < -0.3 is 19.1 Å². The quantitative estimate of drug-likeness (QED) is 0.763. The highest BCUT2D eigenvalue weighted by molar-refractivity contribution is 5.85. The molecular weight excluding hydrogens is 336 g/mol. The molecule has 2 saturated heterocycles. The van der Waals surface area contributed by atoms with Crippen molar-refractivity contribution in [3.8, 4) is 0 Å². The summed E-state index contributed by atoms with van der Waals surface area (Å²) in [6.45, 7) is 2.02. The smallest absolute Gasteiger partial charge is 0.249 e. The lowest BCUT2D eigenvalue weighted by Crippen LogP contribution is -2.46. The molecule has 8 heteroatoms. The monoisotopic (exact) mass is 364 g/mol. The van der Waals surface area contributed by atoms with Gasteiger partial charge in [-0.3, -0.25) is 9.59 Å². The van der Waals surface area contributed by atoms with E-state index in [1.807, 2.05) is 4.90 Å². The fourth-order valence-electron chi connectivity index (χ4n) is 3.64. The van der Waals surface area contributed by atoms with Gasteiger partial charge in [0.25, 0.3) is 0 Å². The number of carbonyl (C=O) groups excluding carboxylic acids is 2. The molecule has 8 nitrogen and oxygen atoms in total. The lowest BCUT2D eigenvalue weighted by Gasteiger charge is -2.35. The van der Waals surface area contributed by atoms with Crippen LogP contribution in [0.25, 0.3) is 0 Å². The number of likely N-dealkylation sites (tertiary alicyclic amines) is 2. The van der Waals surface area contributed by atoms with Gasteiger partial charge in [0, 0.05) is 33.0 Å². The van der Waals surface area contributed by atoms with Gasteiger partial charge in [0.15, 0.2) is 5.82 Å². The largest absolute Gasteiger partial charge is 0.384 e. The standard InChI is InChI=1S/C18H28N4O4/c1-25-12-9-15-19-18(26-20-15)14-7-4-6-11-22(14)17(24)13-21-10-5-2-3-8-16(21)23/h14H,2-13H2,1H3. The minimum atomic E-state index is -0.192. The Hall–Kier alpha value is -1.96. The second-order valence-corrected chi connectivity index (χ2v) is 7.02. The maximum atomic E-state index is 12.9. The molecule has 1 aromatic rings. The molecule has 2 aliphatic rings. The van der Waals surface area contributed by atoms with E-state index in [1.54, 1.807) is 12.0 Å². The predicted molar refractivity (Wildman–Crippen MR) is 93.2 cm³/mol. The molecule has 0 aliphatic carbocycles. The van der Waals surface area contributed by atoms with E-state index in [-0.39, 0.29) is 24.4 Å². The van der Waals surface area contributed by atoms with Crippen molar-refractivity contribution in [2.45, 2.75) is 57.4 Å². The Labute approximate surface area is 153 Å². The van der Waals surface area contributed by atoms with Crippen LogP contribution in [-0.2, 0) is 20.7 Å². The molecule has 2 fully saturated rings. The van der Waals surface area contributed by atoms with E-state index in [2.05, 4.69) is 10.1 Å². The SMILES string of the molecule is COCCc1noc(C2CCCCN2C(=O)CN2CCCCCC2=O)n1. The van der Waals surface area contributed by atoms with E-state index in [1.165, 1.54) is 0 Å². The number of carbonyl (C=O) groups is 2. The summed E-state index contributed by atoms with van der Waals surface area (Å²) in [7, 11) is 1.63. The fourth-order valence-corrected chi connectivity index (χ4v) is 3.64. The molecule has 3 rings (SSSR count). The number of aromatic nitrogens is 2. The zero-order valence-electron chi connectivity index (χ0n) is 15.5. The van der Waals surface area contributed by atoms with Crippen molar-refractivity contribution in [2.24, 2.45) is 0 Å². The van der Waals surface area contributed by atoms with Crippen LogP contribution in [0.4, 0.5) is 0 Å². The molecule has 1 unspecified atom stereocenters. The van der Waals surface area contributed by atoms with Gasteiger partial charge in [0.1, 0.15) is 6.04 Å². The van der Waals surface area contributed by atoms with Gasteiger partial charge in [0.05, 0.1) is 13.2 Å². The Bertz CT molecular complexity index is 618. The summed E-state index contributed by atoms with van der Waals surface area (Å²) in [6, 6.07) is -0.192. The molecular formula is C18H28N4O4. The van der Waals surface area contributed by atoms with Crippen LogP contribution in [0.1, 0.15) is 62.7 Å². The Balaban J connectivity index is 1.66. The highest BCUT2D eigenvalue weighted by Gasteiger charge is 2.33. The normalized spacial score (nSPS) is 21.7. The van der Waals surface area contributed by atoms with Gasteiger partial charge in [-0.1, -0.05) is 11.6 Å². The van der Waals surface area contributed by atoms with E-state index < -0.39 is 0 Å². The molecule has 2 aliphatic heterocycles. The highest BCUT2D eigenvalue weighted by atomic mass is 16.5. The average Bonchev–Trinajstić information content (AvgIpc) is 3.04. The van der Waals surface area contributed by atoms with Crippen molar-refractivity contribution in [1.82, 2.24) is 19.9 Å². The van der Waals surface area contributed by atoms with Crippen molar-refractivity contribution in [3.63, 3.8) is 0 Å². The van der Waals surface area contributed by atoms with Crippen LogP contribution in [0.5, 0.6) is 0 Å². The van der Waals surface area contributed by atoms with Gasteiger partial charge in [0.2, 0.25) is 17.7 Å². The Morgan fingerprint density at radius 2 is 2.08 bits per heavy atom. The van der Waals surface area contributed by atoms with Crippen LogP contribution in [0.2, 0.25) is 0 Å². The summed E-state index contributed by atoms with van der Waals surface area (Å²) >= 11 is 0. The summed E-state index contributed by atoms with van der Waals surface area (Å²) in [5.74, 6) is 1.15. The summed E-state index contributed by atoms with van der Waals surface area (Å²) in [6.07, 6.45) is 6.86. The van der Waals surface area contributed by atoms with E-state index >= 15 is 0 Å². The Morgan fingerprint density at radius 1 is 1.23 bits per heavy atom. The number of rotatable bonds is 6. The fraction of sp³-hybridized carbons (Fsp3) is 0.778. The third-order valence-corrected chi connectivity index (χ3v) is 5.12. The van der Waals surface area contributed by atoms with Crippen molar-refractivity contribution < 1.29 is 18.8 Å². The molecule has 0 N–H and O–H groups in total. The maximum absolute atomic E-state index is 12.9. The number of amides is 2. The van der Waals surface area contributed by atoms with Gasteiger partial charge in [-0.05, 0) is 32.1 Å². The lowest BCUT2D eigenvalue weighted by atomic mass is 10.0. The Kier molecular flexibility index (Phi) is 6.60. The van der Waals surface area contributed by atoms with Gasteiger partial charge >= 0.3 is 0 Å². The average molecular weight is 364 g/mol. The molecule has 2 amide bonds. The van der Waals surface area contributed by atoms with Crippen molar-refractivity contribution >= 4 is 11.8 Å². The molecule has 1 atom stereocenters. The Morgan fingerprint density at radius 3 is 2.92 bits per heavy atom. The number of methoxy groups -OCH3 is 1. The van der Waals surface area contributed by atoms with Gasteiger partial charge in [-0.15, -0.1) is 0 Å². The van der Waals surface area contributed by atoms with Crippen molar-refractivity contribution in [1.29, 1.82) is 0 Å². The van der Waals surface area contributed by atoms with Crippen LogP contribution in [-0.4, -0.2) is 65.1 Å². The van der Waals surface area contributed by atoms with Crippen LogP contribution < -0.4 is 0 Å². The second-order valence-electron chi connectivity index (χ2n) is 7.02. The third kappa shape index (κ3) is 4.60. The van der Waals surface area contributed by atoms with E-state index in [0.29, 0.717) is 44.3 Å². The molecule has 0 aromatic carbocycles. The molecule has 26 heavy (non-hydrogen) atoms. The van der Waals surface area contributed by atoms with Crippen LogP contribution in [0, 0.1) is 0 Å². The highest BCUT2D eigenvalue weighted by Crippen LogP contribution is 2.30. The van der Waals surface area contributed by atoms with E-state index in [0.717, 1.165) is 38.5 Å². The van der Waals surface area contributed by atoms with Crippen LogP contribution >= 0.6 is 0 Å². The zero-order valence-corrected chi connectivity index (χ0v) is 15.5.